The monoisotopic (exact) mass is 295 g/mol. The van der Waals surface area contributed by atoms with E-state index in [1.807, 2.05) is 30.3 Å². The Kier molecular flexibility index (Phi) is 3.78. The van der Waals surface area contributed by atoms with Crippen LogP contribution in [-0.2, 0) is 6.54 Å². The van der Waals surface area contributed by atoms with Crippen LogP contribution in [0.1, 0.15) is 5.56 Å². The van der Waals surface area contributed by atoms with Crippen molar-refractivity contribution in [3.63, 3.8) is 0 Å². The summed E-state index contributed by atoms with van der Waals surface area (Å²) in [6.07, 6.45) is 2.77. The topological polar surface area (TPSA) is 92.7 Å². The third kappa shape index (κ3) is 2.93. The van der Waals surface area contributed by atoms with Crippen molar-refractivity contribution in [3.8, 4) is 5.69 Å². The average Bonchev–Trinajstić information content (AvgIpc) is 2.54. The molecular formula is C15H13N5O2. The van der Waals surface area contributed by atoms with E-state index in [4.69, 9.17) is 0 Å². The lowest BCUT2D eigenvalue weighted by molar-refractivity contribution is 0.856. The summed E-state index contributed by atoms with van der Waals surface area (Å²) in [6, 6.07) is 12.6. The smallest absolute Gasteiger partial charge is 0.334 e. The van der Waals surface area contributed by atoms with Gasteiger partial charge >= 0.3 is 5.69 Å². The molecule has 0 spiro atoms. The van der Waals surface area contributed by atoms with E-state index in [1.165, 1.54) is 18.5 Å². The molecule has 110 valence electrons. The van der Waals surface area contributed by atoms with Crippen LogP contribution in [0.2, 0.25) is 0 Å². The fourth-order valence-electron chi connectivity index (χ4n) is 2.04. The molecule has 1 aromatic carbocycles. The first kappa shape index (κ1) is 13.7. The molecule has 0 saturated heterocycles. The molecule has 3 rings (SSSR count). The number of aromatic amines is 1. The van der Waals surface area contributed by atoms with Gasteiger partial charge in [0.2, 0.25) is 0 Å². The minimum atomic E-state index is -0.531. The van der Waals surface area contributed by atoms with Gasteiger partial charge in [-0.25, -0.2) is 9.36 Å². The average molecular weight is 295 g/mol. The first-order valence-corrected chi connectivity index (χ1v) is 6.65. The predicted octanol–water partition coefficient (Wildman–Crippen LogP) is 0.928. The molecule has 0 aliphatic rings. The lowest BCUT2D eigenvalue weighted by Crippen LogP contribution is -2.33. The van der Waals surface area contributed by atoms with Crippen LogP contribution in [0.4, 0.5) is 5.82 Å². The van der Waals surface area contributed by atoms with Gasteiger partial charge in [-0.3, -0.25) is 9.78 Å². The summed E-state index contributed by atoms with van der Waals surface area (Å²) in [5.74, 6) is 0.372. The number of nitrogens with one attached hydrogen (secondary N) is 2. The Hall–Kier alpha value is -3.22. The third-order valence-corrected chi connectivity index (χ3v) is 3.09. The third-order valence-electron chi connectivity index (χ3n) is 3.09. The van der Waals surface area contributed by atoms with E-state index in [1.54, 1.807) is 6.07 Å². The lowest BCUT2D eigenvalue weighted by Gasteiger charge is -2.08. The minimum Gasteiger partial charge on any atom is -0.367 e. The molecule has 7 heteroatoms. The van der Waals surface area contributed by atoms with Crippen LogP contribution in [0.15, 0.2) is 64.4 Å². The Morgan fingerprint density at radius 3 is 2.59 bits per heavy atom. The van der Waals surface area contributed by atoms with Gasteiger partial charge < -0.3 is 5.32 Å². The lowest BCUT2D eigenvalue weighted by atomic mass is 10.2. The van der Waals surface area contributed by atoms with Gasteiger partial charge in [0, 0.05) is 12.6 Å². The number of benzene rings is 1. The number of nitrogens with zero attached hydrogens (tertiary/aromatic N) is 3. The first-order chi connectivity index (χ1) is 10.7. The first-order valence-electron chi connectivity index (χ1n) is 6.65. The van der Waals surface area contributed by atoms with E-state index in [9.17, 15) is 9.59 Å². The Balaban J connectivity index is 1.87. The van der Waals surface area contributed by atoms with Gasteiger partial charge in [-0.1, -0.05) is 30.3 Å². The molecule has 0 aliphatic carbocycles. The van der Waals surface area contributed by atoms with E-state index in [0.29, 0.717) is 18.1 Å². The van der Waals surface area contributed by atoms with Gasteiger partial charge in [-0.15, -0.1) is 0 Å². The molecule has 2 N–H and O–H groups in total. The van der Waals surface area contributed by atoms with Gasteiger partial charge in [-0.2, -0.15) is 10.2 Å². The summed E-state index contributed by atoms with van der Waals surface area (Å²) < 4.78 is 1.00. The fraction of sp³-hybridized carbons (Fsp3) is 0.0667. The van der Waals surface area contributed by atoms with Crippen molar-refractivity contribution < 1.29 is 0 Å². The van der Waals surface area contributed by atoms with Gasteiger partial charge in [0.15, 0.2) is 0 Å². The van der Waals surface area contributed by atoms with Gasteiger partial charge in [0.05, 0.1) is 18.1 Å². The molecular weight excluding hydrogens is 282 g/mol. The summed E-state index contributed by atoms with van der Waals surface area (Å²) >= 11 is 0. The summed E-state index contributed by atoms with van der Waals surface area (Å²) in [5.41, 5.74) is 0.449. The van der Waals surface area contributed by atoms with Crippen molar-refractivity contribution in [2.75, 3.05) is 5.32 Å². The Bertz CT molecular complexity index is 840. The number of aromatic nitrogens is 4. The summed E-state index contributed by atoms with van der Waals surface area (Å²) in [6.45, 7) is 0.511. The summed E-state index contributed by atoms with van der Waals surface area (Å²) in [7, 11) is 0. The molecule has 0 radical (unpaired) electrons. The zero-order valence-corrected chi connectivity index (χ0v) is 11.6. The molecule has 3 aromatic rings. The van der Waals surface area contributed by atoms with Crippen molar-refractivity contribution in [2.24, 2.45) is 0 Å². The number of hydrogen-bond acceptors (Lipinski definition) is 5. The van der Waals surface area contributed by atoms with Crippen molar-refractivity contribution in [1.29, 1.82) is 0 Å². The van der Waals surface area contributed by atoms with E-state index in [0.717, 1.165) is 10.1 Å². The second-order valence-electron chi connectivity index (χ2n) is 4.60. The van der Waals surface area contributed by atoms with Gasteiger partial charge in [0.1, 0.15) is 5.82 Å². The van der Waals surface area contributed by atoms with Crippen molar-refractivity contribution in [1.82, 2.24) is 19.7 Å². The Labute approximate surface area is 125 Å². The van der Waals surface area contributed by atoms with E-state index in [-0.39, 0.29) is 0 Å². The second kappa shape index (κ2) is 6.04. The van der Waals surface area contributed by atoms with Gasteiger partial charge in [-0.05, 0) is 11.6 Å². The normalized spacial score (nSPS) is 10.4. The van der Waals surface area contributed by atoms with E-state index >= 15 is 0 Å². The van der Waals surface area contributed by atoms with Crippen LogP contribution in [0.5, 0.6) is 0 Å². The molecule has 0 fully saturated rings. The molecule has 0 saturated carbocycles. The fourth-order valence-corrected chi connectivity index (χ4v) is 2.04. The maximum Gasteiger partial charge on any atom is 0.334 e. The molecule has 22 heavy (non-hydrogen) atoms. The SMILES string of the molecule is O=c1cc(NCc2ccccc2)[nH]c(=O)n1-c1ccnnc1. The number of anilines is 1. The Morgan fingerprint density at radius 1 is 1.09 bits per heavy atom. The molecule has 2 aromatic heterocycles. The molecule has 0 unspecified atom stereocenters. The van der Waals surface area contributed by atoms with Crippen molar-refractivity contribution in [3.05, 3.63) is 81.3 Å². The van der Waals surface area contributed by atoms with Crippen molar-refractivity contribution in [2.45, 2.75) is 6.54 Å². The minimum absolute atomic E-state index is 0.371. The zero-order valence-electron chi connectivity index (χ0n) is 11.6. The Morgan fingerprint density at radius 2 is 1.91 bits per heavy atom. The second-order valence-corrected chi connectivity index (χ2v) is 4.60. The van der Waals surface area contributed by atoms with Crippen LogP contribution in [0, 0.1) is 0 Å². The predicted molar refractivity (Wildman–Crippen MR) is 82.0 cm³/mol. The van der Waals surface area contributed by atoms with E-state index < -0.39 is 11.2 Å². The molecule has 0 aliphatic heterocycles. The maximum atomic E-state index is 12.1. The number of rotatable bonds is 4. The van der Waals surface area contributed by atoms with Crippen LogP contribution >= 0.6 is 0 Å². The number of H-pyrrole nitrogens is 1. The van der Waals surface area contributed by atoms with Crippen molar-refractivity contribution >= 4 is 5.82 Å². The highest BCUT2D eigenvalue weighted by atomic mass is 16.2. The quantitative estimate of drug-likeness (QED) is 0.747. The number of hydrogen-bond donors (Lipinski definition) is 2. The highest BCUT2D eigenvalue weighted by Gasteiger charge is 2.06. The molecule has 7 nitrogen and oxygen atoms in total. The highest BCUT2D eigenvalue weighted by Crippen LogP contribution is 2.03. The standard InChI is InChI=1S/C15H13N5O2/c21-14-8-13(16-9-11-4-2-1-3-5-11)19-15(22)20(14)12-6-7-17-18-10-12/h1-8,10,16H,9H2,(H,19,22). The van der Waals surface area contributed by atoms with Crippen LogP contribution in [0.25, 0.3) is 5.69 Å². The van der Waals surface area contributed by atoms with Gasteiger partial charge in [0.25, 0.3) is 5.56 Å². The highest BCUT2D eigenvalue weighted by molar-refractivity contribution is 5.36. The van der Waals surface area contributed by atoms with Crippen LogP contribution in [-0.4, -0.2) is 19.7 Å². The maximum absolute atomic E-state index is 12.1. The largest absolute Gasteiger partial charge is 0.367 e. The van der Waals surface area contributed by atoms with E-state index in [2.05, 4.69) is 20.5 Å². The molecule has 0 amide bonds. The van der Waals surface area contributed by atoms with Crippen LogP contribution in [0.3, 0.4) is 0 Å². The molecule has 2 heterocycles. The van der Waals surface area contributed by atoms with Crippen LogP contribution < -0.4 is 16.6 Å². The zero-order chi connectivity index (χ0) is 15.4. The molecule has 0 atom stereocenters. The summed E-state index contributed by atoms with van der Waals surface area (Å²) in [5, 5.41) is 10.3. The summed E-state index contributed by atoms with van der Waals surface area (Å²) in [4.78, 5) is 26.9. The molecule has 0 bridgehead atoms.